The minimum Gasteiger partial charge on any atom is -0.497 e. The fourth-order valence-corrected chi connectivity index (χ4v) is 8.08. The van der Waals surface area contributed by atoms with Crippen LogP contribution in [0.4, 0.5) is 5.82 Å². The molecular weight excluding hydrogens is 735 g/mol. The van der Waals surface area contributed by atoms with E-state index in [1.807, 2.05) is 102 Å². The van der Waals surface area contributed by atoms with E-state index >= 15 is 0 Å². The zero-order valence-corrected chi connectivity index (χ0v) is 34.8. The summed E-state index contributed by atoms with van der Waals surface area (Å²) in [4.78, 5) is 14.0. The Morgan fingerprint density at radius 2 is 1.39 bits per heavy atom. The van der Waals surface area contributed by atoms with Crippen molar-refractivity contribution in [3.05, 3.63) is 144 Å². The fraction of sp³-hybridized carbons (Fsp3) is 0.356. The molecule has 1 aliphatic heterocycles. The molecule has 0 spiro atoms. The third-order valence-corrected chi connectivity index (χ3v) is 15.9. The second kappa shape index (κ2) is 16.8. The van der Waals surface area contributed by atoms with Gasteiger partial charge in [0.2, 0.25) is 0 Å². The Hall–Kier alpha value is -5.11. The molecule has 1 aliphatic rings. The lowest BCUT2D eigenvalue weighted by Gasteiger charge is -2.37. The zero-order chi connectivity index (χ0) is 40.2. The summed E-state index contributed by atoms with van der Waals surface area (Å²) in [5.41, 5.74) is 3.94. The summed E-state index contributed by atoms with van der Waals surface area (Å²) >= 11 is 0. The average molecular weight is 788 g/mol. The maximum Gasteiger partial charge on any atom is 0.192 e. The van der Waals surface area contributed by atoms with Gasteiger partial charge in [-0.2, -0.15) is 0 Å². The SMILES string of the molecule is COc1ccc(C(OC[C@H]2O[C@@H](n3cnc4c(NC(CO[Si](C)(C)C(C)(C)C)c5ccccc5)ncnc43)C[C@@H]2O)(c2ccccc2)c2ccc(OC)cc2)cc1. The van der Waals surface area contributed by atoms with Crippen molar-refractivity contribution in [2.45, 2.75) is 75.4 Å². The number of hydrogen-bond acceptors (Lipinski definition) is 10. The Morgan fingerprint density at radius 3 is 1.96 bits per heavy atom. The van der Waals surface area contributed by atoms with Crippen LogP contribution in [0, 0.1) is 0 Å². The van der Waals surface area contributed by atoms with Gasteiger partial charge >= 0.3 is 0 Å². The van der Waals surface area contributed by atoms with E-state index in [0.717, 1.165) is 33.8 Å². The topological polar surface area (TPSA) is 122 Å². The molecule has 1 saturated heterocycles. The van der Waals surface area contributed by atoms with Crippen molar-refractivity contribution < 1.29 is 28.5 Å². The largest absolute Gasteiger partial charge is 0.497 e. The van der Waals surface area contributed by atoms with Crippen molar-refractivity contribution in [1.29, 1.82) is 0 Å². The van der Waals surface area contributed by atoms with Crippen molar-refractivity contribution in [3.63, 3.8) is 0 Å². The number of ether oxygens (including phenoxy) is 4. The number of hydrogen-bond donors (Lipinski definition) is 2. The Labute approximate surface area is 336 Å². The van der Waals surface area contributed by atoms with Crippen LogP contribution >= 0.6 is 0 Å². The number of rotatable bonds is 15. The van der Waals surface area contributed by atoms with Crippen molar-refractivity contribution >= 4 is 25.3 Å². The molecule has 4 atom stereocenters. The van der Waals surface area contributed by atoms with E-state index in [1.54, 1.807) is 20.5 Å². The first kappa shape index (κ1) is 40.1. The van der Waals surface area contributed by atoms with E-state index in [-0.39, 0.29) is 17.7 Å². The third-order valence-electron chi connectivity index (χ3n) is 11.4. The summed E-state index contributed by atoms with van der Waals surface area (Å²) in [7, 11) is 1.26. The number of aromatic nitrogens is 4. The number of imidazole rings is 1. The highest BCUT2D eigenvalue weighted by atomic mass is 28.4. The molecule has 0 saturated carbocycles. The summed E-state index contributed by atoms with van der Waals surface area (Å²) in [6.07, 6.45) is 1.55. The lowest BCUT2D eigenvalue weighted by molar-refractivity contribution is -0.0931. The minimum atomic E-state index is -2.04. The van der Waals surface area contributed by atoms with E-state index in [0.29, 0.717) is 30.0 Å². The van der Waals surface area contributed by atoms with Crippen LogP contribution in [0.25, 0.3) is 11.2 Å². The van der Waals surface area contributed by atoms with Crippen LogP contribution < -0.4 is 14.8 Å². The predicted octanol–water partition coefficient (Wildman–Crippen LogP) is 8.68. The standard InChI is InChI=1S/C45H53N5O6Si/c1-44(2,3)57(6,7)55-27-37(31-14-10-8-11-15-31)49-42-41-43(47-29-46-42)50(30-48-41)40-26-38(51)39(56-40)28-54-45(32-16-12-9-13-17-32,33-18-22-35(52-4)23-19-33)34-20-24-36(53-5)25-21-34/h8-25,29-30,37-40,51H,26-28H2,1-7H3,(H,46,47,49)/t37?,38-,39+,40+/m0/s1. The molecule has 3 heterocycles. The molecule has 0 amide bonds. The van der Waals surface area contributed by atoms with Gasteiger partial charge in [0.1, 0.15) is 35.8 Å². The Morgan fingerprint density at radius 1 is 0.807 bits per heavy atom. The number of fused-ring (bicyclic) bond motifs is 1. The Bertz CT molecular complexity index is 2160. The van der Waals surface area contributed by atoms with Gasteiger partial charge in [0.15, 0.2) is 25.3 Å². The van der Waals surface area contributed by atoms with E-state index in [4.69, 9.17) is 28.4 Å². The highest BCUT2D eigenvalue weighted by molar-refractivity contribution is 6.74. The van der Waals surface area contributed by atoms with Gasteiger partial charge in [-0.1, -0.05) is 106 Å². The van der Waals surface area contributed by atoms with Crippen LogP contribution in [0.1, 0.15) is 61.7 Å². The summed E-state index contributed by atoms with van der Waals surface area (Å²) in [5, 5.41) is 15.2. The summed E-state index contributed by atoms with van der Waals surface area (Å²) in [6, 6.07) is 35.9. The molecule has 2 N–H and O–H groups in total. The monoisotopic (exact) mass is 787 g/mol. The predicted molar refractivity (Wildman–Crippen MR) is 224 cm³/mol. The molecule has 6 aromatic rings. The molecule has 0 bridgehead atoms. The maximum absolute atomic E-state index is 11.5. The lowest BCUT2D eigenvalue weighted by atomic mass is 9.80. The summed E-state index contributed by atoms with van der Waals surface area (Å²) < 4.78 is 33.3. The number of nitrogens with zero attached hydrogens (tertiary/aromatic N) is 4. The summed E-state index contributed by atoms with van der Waals surface area (Å²) in [5.74, 6) is 2.06. The molecule has 11 nitrogen and oxygen atoms in total. The number of benzene rings is 4. The molecule has 4 aromatic carbocycles. The van der Waals surface area contributed by atoms with Crippen molar-refractivity contribution in [2.24, 2.45) is 0 Å². The van der Waals surface area contributed by atoms with E-state index in [9.17, 15) is 5.11 Å². The fourth-order valence-electron chi connectivity index (χ4n) is 7.07. The number of anilines is 1. The van der Waals surface area contributed by atoms with E-state index in [2.05, 4.69) is 61.3 Å². The van der Waals surface area contributed by atoms with Crippen LogP contribution in [0.3, 0.4) is 0 Å². The van der Waals surface area contributed by atoms with Gasteiger partial charge in [0.05, 0.1) is 45.9 Å². The first-order valence-corrected chi connectivity index (χ1v) is 22.3. The number of aliphatic hydroxyl groups excluding tert-OH is 1. The molecule has 1 unspecified atom stereocenters. The van der Waals surface area contributed by atoms with E-state index < -0.39 is 32.4 Å². The van der Waals surface area contributed by atoms with Gasteiger partial charge in [0.25, 0.3) is 0 Å². The average Bonchev–Trinajstić information content (AvgIpc) is 3.84. The normalized spacial score (nSPS) is 18.1. The van der Waals surface area contributed by atoms with E-state index in [1.165, 1.54) is 6.33 Å². The van der Waals surface area contributed by atoms with Crippen molar-refractivity contribution in [1.82, 2.24) is 19.5 Å². The first-order chi connectivity index (χ1) is 27.4. The van der Waals surface area contributed by atoms with Gasteiger partial charge < -0.3 is 33.8 Å². The van der Waals surface area contributed by atoms with Gasteiger partial charge in [-0.05, 0) is 64.7 Å². The number of aliphatic hydroxyl groups is 1. The molecule has 1 fully saturated rings. The second-order valence-electron chi connectivity index (χ2n) is 16.0. The smallest absolute Gasteiger partial charge is 0.192 e. The molecule has 12 heteroatoms. The first-order valence-electron chi connectivity index (χ1n) is 19.4. The minimum absolute atomic E-state index is 0.0678. The van der Waals surface area contributed by atoms with Crippen molar-refractivity contribution in [2.75, 3.05) is 32.8 Å². The van der Waals surface area contributed by atoms with Gasteiger partial charge in [-0.15, -0.1) is 0 Å². The third kappa shape index (κ3) is 8.32. The quantitative estimate of drug-likeness (QED) is 0.0773. The molecular formula is C45H53N5O6Si. The van der Waals surface area contributed by atoms with Gasteiger partial charge in [0, 0.05) is 6.42 Å². The van der Waals surface area contributed by atoms with Gasteiger partial charge in [-0.3, -0.25) is 4.57 Å². The molecule has 57 heavy (non-hydrogen) atoms. The highest BCUT2D eigenvalue weighted by Crippen LogP contribution is 2.43. The molecule has 0 radical (unpaired) electrons. The Balaban J connectivity index is 1.15. The molecule has 7 rings (SSSR count). The van der Waals surface area contributed by atoms with Gasteiger partial charge in [-0.25, -0.2) is 15.0 Å². The van der Waals surface area contributed by atoms with Crippen LogP contribution in [0.15, 0.2) is 122 Å². The zero-order valence-electron chi connectivity index (χ0n) is 33.8. The molecule has 0 aliphatic carbocycles. The molecule has 298 valence electrons. The van der Waals surface area contributed by atoms with Crippen LogP contribution in [-0.4, -0.2) is 72.6 Å². The summed E-state index contributed by atoms with van der Waals surface area (Å²) in [6.45, 7) is 11.8. The second-order valence-corrected chi connectivity index (χ2v) is 20.8. The lowest BCUT2D eigenvalue weighted by Crippen LogP contribution is -2.42. The number of nitrogens with one attached hydrogen (secondary N) is 1. The highest BCUT2D eigenvalue weighted by Gasteiger charge is 2.43. The number of methoxy groups -OCH3 is 2. The molecule has 2 aromatic heterocycles. The maximum atomic E-state index is 11.5. The van der Waals surface area contributed by atoms with Crippen LogP contribution in [0.5, 0.6) is 11.5 Å². The van der Waals surface area contributed by atoms with Crippen molar-refractivity contribution in [3.8, 4) is 11.5 Å². The van der Waals surface area contributed by atoms with Crippen LogP contribution in [-0.2, 0) is 19.5 Å². The Kier molecular flexibility index (Phi) is 11.8. The van der Waals surface area contributed by atoms with Crippen LogP contribution in [0.2, 0.25) is 18.1 Å².